The molecule has 0 spiro atoms. The van der Waals surface area contributed by atoms with E-state index >= 15 is 0 Å². The Hall–Kier alpha value is -2.28. The number of benzene rings is 1. The zero-order chi connectivity index (χ0) is 22.5. The fourth-order valence-electron chi connectivity index (χ4n) is 3.34. The van der Waals surface area contributed by atoms with Crippen LogP contribution < -0.4 is 10.6 Å². The van der Waals surface area contributed by atoms with Crippen molar-refractivity contribution >= 4 is 28.3 Å². The van der Waals surface area contributed by atoms with Crippen molar-refractivity contribution in [1.82, 2.24) is 15.5 Å². The first-order chi connectivity index (χ1) is 15.0. The van der Waals surface area contributed by atoms with Gasteiger partial charge in [-0.05, 0) is 12.3 Å². The fourth-order valence-corrected chi connectivity index (χ4v) is 4.10. The molecule has 2 amide bonds. The molecule has 0 bridgehead atoms. The Balaban J connectivity index is 1.85. The molecular formula is C24H36N4O2S. The van der Waals surface area contributed by atoms with E-state index in [4.69, 9.17) is 0 Å². The van der Waals surface area contributed by atoms with Crippen LogP contribution >= 0.6 is 11.3 Å². The number of nitrogens with one attached hydrogen (secondary N) is 2. The maximum absolute atomic E-state index is 12.9. The van der Waals surface area contributed by atoms with Crippen molar-refractivity contribution in [1.29, 1.82) is 0 Å². The van der Waals surface area contributed by atoms with Crippen LogP contribution in [0.25, 0.3) is 10.6 Å². The highest BCUT2D eigenvalue weighted by molar-refractivity contribution is 7.18. The topological polar surface area (TPSA) is 84.0 Å². The normalized spacial score (nSPS) is 12.9. The lowest BCUT2D eigenvalue weighted by Gasteiger charge is -2.23. The minimum atomic E-state index is -0.578. The van der Waals surface area contributed by atoms with Crippen LogP contribution in [0.15, 0.2) is 30.3 Å². The number of amides is 2. The van der Waals surface area contributed by atoms with E-state index < -0.39 is 6.04 Å². The predicted octanol–water partition coefficient (Wildman–Crippen LogP) is 5.82. The van der Waals surface area contributed by atoms with Crippen LogP contribution in [0.2, 0.25) is 0 Å². The molecular weight excluding hydrogens is 408 g/mol. The molecule has 0 aliphatic heterocycles. The smallest absolute Gasteiger partial charge is 0.249 e. The number of anilines is 1. The maximum Gasteiger partial charge on any atom is 0.249 e. The first kappa shape index (κ1) is 25.0. The third-order valence-corrected chi connectivity index (χ3v) is 6.38. The summed E-state index contributed by atoms with van der Waals surface area (Å²) in [7, 11) is 0. The molecule has 0 saturated carbocycles. The molecule has 1 heterocycles. The first-order valence-electron chi connectivity index (χ1n) is 11.5. The lowest BCUT2D eigenvalue weighted by molar-refractivity contribution is -0.127. The monoisotopic (exact) mass is 444 g/mol. The number of carbonyl (C=O) groups excluding carboxylic acids is 2. The van der Waals surface area contributed by atoms with Gasteiger partial charge in [0, 0.05) is 12.0 Å². The Labute approximate surface area is 190 Å². The minimum Gasteiger partial charge on any atom is -0.344 e. The molecule has 2 rings (SSSR count). The van der Waals surface area contributed by atoms with E-state index in [9.17, 15) is 9.59 Å². The van der Waals surface area contributed by atoms with Crippen LogP contribution in [-0.4, -0.2) is 28.1 Å². The van der Waals surface area contributed by atoms with Gasteiger partial charge < -0.3 is 5.32 Å². The molecule has 0 radical (unpaired) electrons. The van der Waals surface area contributed by atoms with Gasteiger partial charge in [0.05, 0.1) is 0 Å². The number of rotatable bonds is 14. The lowest BCUT2D eigenvalue weighted by Crippen LogP contribution is -2.47. The third kappa shape index (κ3) is 8.77. The summed E-state index contributed by atoms with van der Waals surface area (Å²) < 4.78 is 0. The van der Waals surface area contributed by atoms with Crippen molar-refractivity contribution < 1.29 is 9.59 Å². The van der Waals surface area contributed by atoms with Crippen molar-refractivity contribution in [2.75, 3.05) is 5.32 Å². The summed E-state index contributed by atoms with van der Waals surface area (Å²) in [6, 6.07) is 9.16. The summed E-state index contributed by atoms with van der Waals surface area (Å²) in [5.41, 5.74) is 0.960. The highest BCUT2D eigenvalue weighted by Gasteiger charge is 2.26. The van der Waals surface area contributed by atoms with Gasteiger partial charge in [-0.3, -0.25) is 14.9 Å². The molecule has 31 heavy (non-hydrogen) atoms. The van der Waals surface area contributed by atoms with Crippen LogP contribution in [0.5, 0.6) is 0 Å². The second-order valence-corrected chi connectivity index (χ2v) is 9.05. The minimum absolute atomic E-state index is 0.0273. The van der Waals surface area contributed by atoms with Crippen molar-refractivity contribution in [3.8, 4) is 10.6 Å². The molecule has 0 fully saturated rings. The summed E-state index contributed by atoms with van der Waals surface area (Å²) in [6.45, 7) is 6.21. The largest absolute Gasteiger partial charge is 0.344 e. The Morgan fingerprint density at radius 1 is 0.968 bits per heavy atom. The van der Waals surface area contributed by atoms with Crippen molar-refractivity contribution in [3.05, 3.63) is 30.3 Å². The Morgan fingerprint density at radius 2 is 1.65 bits per heavy atom. The molecule has 2 aromatic rings. The number of aromatic nitrogens is 2. The average molecular weight is 445 g/mol. The van der Waals surface area contributed by atoms with Gasteiger partial charge in [0.2, 0.25) is 16.9 Å². The molecule has 2 N–H and O–H groups in total. The van der Waals surface area contributed by atoms with Crippen LogP contribution in [0.3, 0.4) is 0 Å². The van der Waals surface area contributed by atoms with Gasteiger partial charge in [-0.15, -0.1) is 10.2 Å². The van der Waals surface area contributed by atoms with Gasteiger partial charge in [0.15, 0.2) is 0 Å². The summed E-state index contributed by atoms with van der Waals surface area (Å²) in [5.74, 6) is -0.270. The van der Waals surface area contributed by atoms with Crippen molar-refractivity contribution in [3.63, 3.8) is 0 Å². The summed E-state index contributed by atoms with van der Waals surface area (Å²) >= 11 is 1.33. The van der Waals surface area contributed by atoms with Gasteiger partial charge in [0.25, 0.3) is 0 Å². The lowest BCUT2D eigenvalue weighted by atomic mass is 9.98. The van der Waals surface area contributed by atoms with Gasteiger partial charge in [0.1, 0.15) is 11.0 Å². The Kier molecular flexibility index (Phi) is 11.2. The van der Waals surface area contributed by atoms with Crippen molar-refractivity contribution in [2.24, 2.45) is 5.92 Å². The first-order valence-corrected chi connectivity index (χ1v) is 12.4. The number of hydrogen-bond acceptors (Lipinski definition) is 5. The second kappa shape index (κ2) is 13.9. The number of carbonyl (C=O) groups is 2. The Morgan fingerprint density at radius 3 is 2.32 bits per heavy atom. The SMILES string of the molecule is CCCCCCCCCC(=O)NC(C(=O)Nc1nnc(-c2ccccc2)s1)C(C)CC. The third-order valence-electron chi connectivity index (χ3n) is 5.50. The second-order valence-electron chi connectivity index (χ2n) is 8.07. The molecule has 7 heteroatoms. The predicted molar refractivity (Wildman–Crippen MR) is 128 cm³/mol. The molecule has 2 unspecified atom stereocenters. The van der Waals surface area contributed by atoms with E-state index in [2.05, 4.69) is 27.8 Å². The average Bonchev–Trinajstić information content (AvgIpc) is 3.25. The molecule has 1 aromatic carbocycles. The summed E-state index contributed by atoms with van der Waals surface area (Å²) in [4.78, 5) is 25.3. The molecule has 2 atom stereocenters. The van der Waals surface area contributed by atoms with Crippen LogP contribution in [0, 0.1) is 5.92 Å². The van der Waals surface area contributed by atoms with E-state index in [1.54, 1.807) is 0 Å². The highest BCUT2D eigenvalue weighted by Crippen LogP contribution is 2.26. The zero-order valence-corrected chi connectivity index (χ0v) is 19.8. The van der Waals surface area contributed by atoms with Crippen LogP contribution in [-0.2, 0) is 9.59 Å². The van der Waals surface area contributed by atoms with Crippen LogP contribution in [0.4, 0.5) is 5.13 Å². The summed E-state index contributed by atoms with van der Waals surface area (Å²) in [5, 5.41) is 15.2. The van der Waals surface area contributed by atoms with Gasteiger partial charge in [-0.25, -0.2) is 0 Å². The van der Waals surface area contributed by atoms with E-state index in [0.717, 1.165) is 29.8 Å². The molecule has 0 aliphatic rings. The number of hydrogen-bond donors (Lipinski definition) is 2. The van der Waals surface area contributed by atoms with E-state index in [-0.39, 0.29) is 17.7 Å². The maximum atomic E-state index is 12.9. The zero-order valence-electron chi connectivity index (χ0n) is 19.0. The van der Waals surface area contributed by atoms with Crippen molar-refractivity contribution in [2.45, 2.75) is 84.6 Å². The number of nitrogens with zero attached hydrogens (tertiary/aromatic N) is 2. The quantitative estimate of drug-likeness (QED) is 0.360. The number of unbranched alkanes of at least 4 members (excludes halogenated alkanes) is 6. The van der Waals surface area contributed by atoms with Gasteiger partial charge in [-0.1, -0.05) is 107 Å². The summed E-state index contributed by atoms with van der Waals surface area (Å²) in [6.07, 6.45) is 9.39. The standard InChI is InChI=1S/C24H36N4O2S/c1-4-6-7-8-9-10-14-17-20(29)25-21(18(3)5-2)22(30)26-24-28-27-23(31-24)19-15-12-11-13-16-19/h11-13,15-16,18,21H,4-10,14,17H2,1-3H3,(H,25,29)(H,26,28,30). The molecule has 170 valence electrons. The van der Waals surface area contributed by atoms with E-state index in [1.165, 1.54) is 43.4 Å². The molecule has 0 saturated heterocycles. The Bertz CT molecular complexity index is 794. The van der Waals surface area contributed by atoms with Gasteiger partial charge >= 0.3 is 0 Å². The van der Waals surface area contributed by atoms with Crippen LogP contribution in [0.1, 0.15) is 78.6 Å². The fraction of sp³-hybridized carbons (Fsp3) is 0.583. The van der Waals surface area contributed by atoms with Gasteiger partial charge in [-0.2, -0.15) is 0 Å². The molecule has 0 aliphatic carbocycles. The van der Waals surface area contributed by atoms with E-state index in [0.29, 0.717) is 11.6 Å². The molecule has 6 nitrogen and oxygen atoms in total. The highest BCUT2D eigenvalue weighted by atomic mass is 32.1. The molecule has 1 aromatic heterocycles. The van der Waals surface area contributed by atoms with E-state index in [1.807, 2.05) is 44.2 Å².